The van der Waals surface area contributed by atoms with E-state index in [0.717, 1.165) is 43.4 Å². The van der Waals surface area contributed by atoms with Crippen LogP contribution in [0.5, 0.6) is 11.6 Å². The molecule has 0 radical (unpaired) electrons. The summed E-state index contributed by atoms with van der Waals surface area (Å²) >= 11 is 6.43. The van der Waals surface area contributed by atoms with E-state index in [9.17, 15) is 18.9 Å². The number of ketones is 1. The second-order valence-corrected chi connectivity index (χ2v) is 15.9. The summed E-state index contributed by atoms with van der Waals surface area (Å²) in [6.07, 6.45) is 9.85. The SMILES string of the molecule is C=CC[C@H](C)[C@@H](CCOc1nn(C)cc1C(C)=O)/[SH](=O)=N\C(=O)c1ccc2c(c1)N(C[C@@H]1CC[C@H]1[C@@H](O)C=C)Cc1ccc(Cl)cc1CCCCO2. The smallest absolute Gasteiger partial charge is 0.284 e. The monoisotopic (exact) mass is 750 g/mol. The highest BCUT2D eigenvalue weighted by molar-refractivity contribution is 7.76. The van der Waals surface area contributed by atoms with Crippen LogP contribution < -0.4 is 14.4 Å². The number of hydrogen-bond donors (Lipinski definition) is 2. The quantitative estimate of drug-likeness (QED) is 0.0992. The Morgan fingerprint density at radius 1 is 1.19 bits per heavy atom. The van der Waals surface area contributed by atoms with Crippen molar-refractivity contribution in [1.29, 1.82) is 0 Å². The van der Waals surface area contributed by atoms with Crippen molar-refractivity contribution in [3.63, 3.8) is 0 Å². The summed E-state index contributed by atoms with van der Waals surface area (Å²) < 4.78 is 31.8. The lowest BCUT2D eigenvalue weighted by atomic mass is 9.70. The molecule has 1 aliphatic carbocycles. The Balaban J connectivity index is 1.44. The van der Waals surface area contributed by atoms with Gasteiger partial charge in [0.05, 0.1) is 30.6 Å². The molecule has 1 N–H and O–H groups in total. The zero-order chi connectivity index (χ0) is 37.4. The summed E-state index contributed by atoms with van der Waals surface area (Å²) in [5.74, 6) is 0.362. The fraction of sp³-hybridized carbons (Fsp3) is 0.475. The second-order valence-electron chi connectivity index (χ2n) is 14.0. The number of aryl methyl sites for hydroxylation is 2. The fourth-order valence-electron chi connectivity index (χ4n) is 7.13. The van der Waals surface area contributed by atoms with Crippen molar-refractivity contribution >= 4 is 39.6 Å². The molecule has 12 heteroatoms. The minimum Gasteiger partial charge on any atom is -0.491 e. The number of ether oxygens (including phenoxy) is 2. The van der Waals surface area contributed by atoms with E-state index >= 15 is 0 Å². The van der Waals surface area contributed by atoms with Gasteiger partial charge in [-0.25, -0.2) is 0 Å². The standard InChI is InChI=1S/C40H51ClN4O6S/c1-6-10-26(3)38(18-20-51-40-34(27(4)46)25-44(5)42-40)52(49)43-39(48)29-14-17-37-35(22-29)45(24-31-13-16-33(31)36(47)7-2)23-30-12-15-32(41)21-28(30)11-8-9-19-50-37/h6-7,12,14-15,17,21-22,25-26,31,33,36,38,47,52H,1-2,8-11,13,16,18-20,23-24H2,3-5H3/t26-,31-,33+,36-,38+/m0/s1. The number of aliphatic hydroxyl groups is 1. The molecule has 1 unspecified atom stereocenters. The molecule has 0 spiro atoms. The first-order valence-corrected chi connectivity index (χ1v) is 19.7. The summed E-state index contributed by atoms with van der Waals surface area (Å²) in [5.41, 5.74) is 3.76. The number of rotatable bonds is 14. The van der Waals surface area contributed by atoms with Gasteiger partial charge in [0.1, 0.15) is 5.75 Å². The van der Waals surface area contributed by atoms with Gasteiger partial charge in [-0.15, -0.1) is 18.3 Å². The number of allylic oxidation sites excluding steroid dienone is 1. The molecule has 10 nitrogen and oxygen atoms in total. The van der Waals surface area contributed by atoms with Crippen LogP contribution in [0.15, 0.2) is 72.3 Å². The van der Waals surface area contributed by atoms with Crippen molar-refractivity contribution in [2.75, 3.05) is 24.7 Å². The first-order valence-electron chi connectivity index (χ1n) is 18.1. The Kier molecular flexibility index (Phi) is 13.8. The number of aromatic nitrogens is 2. The predicted octanol–water partition coefficient (Wildman–Crippen LogP) is 7.43. The number of hydrogen-bond acceptors (Lipinski definition) is 8. The van der Waals surface area contributed by atoms with Gasteiger partial charge in [-0.1, -0.05) is 36.7 Å². The molecule has 3 aromatic rings. The van der Waals surface area contributed by atoms with Crippen LogP contribution in [-0.2, 0) is 30.6 Å². The maximum Gasteiger partial charge on any atom is 0.284 e. The number of Topliss-reactive ketones (excluding diaryl/α,β-unsaturated/α-hetero) is 1. The molecule has 1 fully saturated rings. The van der Waals surface area contributed by atoms with Crippen LogP contribution in [0, 0.1) is 17.8 Å². The Morgan fingerprint density at radius 2 is 2.00 bits per heavy atom. The molecule has 0 bridgehead atoms. The molecule has 2 aliphatic rings. The van der Waals surface area contributed by atoms with Crippen LogP contribution in [0.1, 0.15) is 84.2 Å². The number of thiol groups is 1. The molecule has 52 heavy (non-hydrogen) atoms. The summed E-state index contributed by atoms with van der Waals surface area (Å²) in [4.78, 5) is 28.1. The lowest BCUT2D eigenvalue weighted by Gasteiger charge is -2.42. The van der Waals surface area contributed by atoms with Crippen LogP contribution in [-0.4, -0.2) is 61.9 Å². The molecular weight excluding hydrogens is 700 g/mol. The zero-order valence-electron chi connectivity index (χ0n) is 30.4. The van der Waals surface area contributed by atoms with Gasteiger partial charge in [0.25, 0.3) is 5.91 Å². The van der Waals surface area contributed by atoms with Crippen LogP contribution >= 0.6 is 11.6 Å². The molecule has 6 atom stereocenters. The van der Waals surface area contributed by atoms with Crippen molar-refractivity contribution in [3.8, 4) is 11.6 Å². The van der Waals surface area contributed by atoms with E-state index in [0.29, 0.717) is 54.4 Å². The van der Waals surface area contributed by atoms with E-state index in [2.05, 4.69) is 33.6 Å². The summed E-state index contributed by atoms with van der Waals surface area (Å²) in [7, 11) is -0.637. The molecule has 5 rings (SSSR count). The fourth-order valence-corrected chi connectivity index (χ4v) is 8.65. The zero-order valence-corrected chi connectivity index (χ0v) is 32.0. The van der Waals surface area contributed by atoms with E-state index in [1.54, 1.807) is 43.6 Å². The first-order chi connectivity index (χ1) is 25.0. The van der Waals surface area contributed by atoms with E-state index in [1.165, 1.54) is 17.2 Å². The van der Waals surface area contributed by atoms with E-state index in [1.807, 2.05) is 19.1 Å². The van der Waals surface area contributed by atoms with Crippen LogP contribution in [0.2, 0.25) is 5.02 Å². The number of amides is 1. The lowest BCUT2D eigenvalue weighted by molar-refractivity contribution is 0.0464. The second kappa shape index (κ2) is 18.2. The Hall–Kier alpha value is -3.93. The Labute approximate surface area is 314 Å². The molecule has 1 aliphatic heterocycles. The number of anilines is 1. The molecule has 1 saturated carbocycles. The van der Waals surface area contributed by atoms with Gasteiger partial charge in [0, 0.05) is 52.8 Å². The Morgan fingerprint density at radius 3 is 2.71 bits per heavy atom. The molecule has 1 aromatic heterocycles. The van der Waals surface area contributed by atoms with Crippen molar-refractivity contribution in [2.45, 2.75) is 76.7 Å². The summed E-state index contributed by atoms with van der Waals surface area (Å²) in [6, 6.07) is 11.3. The van der Waals surface area contributed by atoms with Gasteiger partial charge in [-0.05, 0) is 111 Å². The highest BCUT2D eigenvalue weighted by Gasteiger charge is 2.37. The van der Waals surface area contributed by atoms with Crippen LogP contribution in [0.3, 0.4) is 0 Å². The molecule has 0 saturated heterocycles. The topological polar surface area (TPSA) is 123 Å². The van der Waals surface area contributed by atoms with E-state index in [4.69, 9.17) is 21.1 Å². The number of carbonyl (C=O) groups excluding carboxylic acids is 2. The lowest BCUT2D eigenvalue weighted by Crippen LogP contribution is -2.42. The number of aliphatic hydroxyl groups excluding tert-OH is 1. The molecule has 1 amide bonds. The van der Waals surface area contributed by atoms with Crippen molar-refractivity contribution in [3.05, 3.63) is 95.2 Å². The highest BCUT2D eigenvalue weighted by atomic mass is 35.5. The average Bonchev–Trinajstić information content (AvgIpc) is 3.47. The van der Waals surface area contributed by atoms with Gasteiger partial charge in [0.2, 0.25) is 5.88 Å². The highest BCUT2D eigenvalue weighted by Crippen LogP contribution is 2.41. The number of nitrogens with zero attached hydrogens (tertiary/aromatic N) is 4. The third-order valence-corrected chi connectivity index (χ3v) is 12.2. The van der Waals surface area contributed by atoms with Crippen molar-refractivity contribution < 1.29 is 28.4 Å². The van der Waals surface area contributed by atoms with E-state index in [-0.39, 0.29) is 36.0 Å². The maximum absolute atomic E-state index is 13.8. The normalized spacial score (nSPS) is 19.8. The summed E-state index contributed by atoms with van der Waals surface area (Å²) in [6.45, 7) is 12.9. The largest absolute Gasteiger partial charge is 0.491 e. The minimum absolute atomic E-state index is 0.0940. The molecule has 2 heterocycles. The number of carbonyl (C=O) groups is 2. The third kappa shape index (κ3) is 9.73. The van der Waals surface area contributed by atoms with Gasteiger partial charge in [-0.3, -0.25) is 18.5 Å². The summed E-state index contributed by atoms with van der Waals surface area (Å²) in [5, 5.41) is 15.1. The van der Waals surface area contributed by atoms with Gasteiger partial charge in [-0.2, -0.15) is 4.36 Å². The first kappa shape index (κ1) is 39.3. The van der Waals surface area contributed by atoms with Crippen LogP contribution in [0.25, 0.3) is 0 Å². The molecule has 2 aromatic carbocycles. The number of benzene rings is 2. The molecular formula is C40H51ClN4O6S. The predicted molar refractivity (Wildman–Crippen MR) is 207 cm³/mol. The van der Waals surface area contributed by atoms with Crippen molar-refractivity contribution in [2.24, 2.45) is 29.2 Å². The molecule has 280 valence electrons. The number of fused-ring (bicyclic) bond motifs is 2. The van der Waals surface area contributed by atoms with Gasteiger partial charge < -0.3 is 19.5 Å². The van der Waals surface area contributed by atoms with E-state index < -0.39 is 27.9 Å². The maximum atomic E-state index is 13.8. The third-order valence-electron chi connectivity index (χ3n) is 10.3. The van der Waals surface area contributed by atoms with Crippen LogP contribution in [0.4, 0.5) is 5.69 Å². The number of halogens is 1. The van der Waals surface area contributed by atoms with Gasteiger partial charge in [0.15, 0.2) is 5.78 Å². The van der Waals surface area contributed by atoms with Crippen molar-refractivity contribution in [1.82, 2.24) is 9.78 Å². The average molecular weight is 751 g/mol. The Bertz CT molecular complexity index is 1850. The van der Waals surface area contributed by atoms with Gasteiger partial charge >= 0.3 is 0 Å². The minimum atomic E-state index is -2.35.